The van der Waals surface area contributed by atoms with Crippen molar-refractivity contribution in [3.8, 4) is 0 Å². The lowest BCUT2D eigenvalue weighted by molar-refractivity contribution is -0.137. The summed E-state index contributed by atoms with van der Waals surface area (Å²) in [5.41, 5.74) is 1.37. The summed E-state index contributed by atoms with van der Waals surface area (Å²) in [6.07, 6.45) is -4.40. The minimum Gasteiger partial charge on any atom is -0.325 e. The van der Waals surface area contributed by atoms with Crippen LogP contribution in [0.2, 0.25) is 0 Å². The van der Waals surface area contributed by atoms with Crippen molar-refractivity contribution in [1.82, 2.24) is 9.55 Å². The third-order valence-corrected chi connectivity index (χ3v) is 5.02. The topological polar surface area (TPSA) is 46.9 Å². The van der Waals surface area contributed by atoms with Gasteiger partial charge in [-0.2, -0.15) is 13.2 Å². The van der Waals surface area contributed by atoms with Crippen molar-refractivity contribution in [2.75, 3.05) is 5.32 Å². The van der Waals surface area contributed by atoms with Gasteiger partial charge in [0.15, 0.2) is 5.16 Å². The summed E-state index contributed by atoms with van der Waals surface area (Å²) in [5, 5.41) is 2.86. The molecule has 0 aliphatic heterocycles. The van der Waals surface area contributed by atoms with Crippen LogP contribution in [0.1, 0.15) is 12.5 Å². The summed E-state index contributed by atoms with van der Waals surface area (Å²) in [7, 11) is 1.87. The molecule has 1 aromatic heterocycles. The molecule has 2 aromatic carbocycles. The average molecular weight is 379 g/mol. The number of imidazole rings is 1. The zero-order valence-corrected chi connectivity index (χ0v) is 14.9. The molecule has 1 unspecified atom stereocenters. The van der Waals surface area contributed by atoms with Crippen LogP contribution in [0.5, 0.6) is 0 Å². The maximum absolute atomic E-state index is 12.6. The highest BCUT2D eigenvalue weighted by atomic mass is 32.2. The third-order valence-electron chi connectivity index (χ3n) is 3.88. The van der Waals surface area contributed by atoms with Crippen LogP contribution < -0.4 is 5.32 Å². The number of thioether (sulfide) groups is 1. The molecule has 3 aromatic rings. The zero-order chi connectivity index (χ0) is 18.9. The number of amides is 1. The minimum absolute atomic E-state index is 0.304. The fraction of sp³-hybridized carbons (Fsp3) is 0.222. The highest BCUT2D eigenvalue weighted by Gasteiger charge is 2.30. The standard InChI is InChI=1S/C18H16F3N3OS/c1-11(26-17-23-14-5-3-4-6-15(14)24(17)2)16(25)22-13-9-7-12(8-10-13)18(19,20)21/h3-11H,1-2H3,(H,22,25). The van der Waals surface area contributed by atoms with Crippen molar-refractivity contribution in [3.63, 3.8) is 0 Å². The average Bonchev–Trinajstić information content (AvgIpc) is 2.91. The fourth-order valence-electron chi connectivity index (χ4n) is 2.43. The number of hydrogen-bond donors (Lipinski definition) is 1. The molecule has 0 aliphatic carbocycles. The predicted octanol–water partition coefficient (Wildman–Crippen LogP) is 4.71. The van der Waals surface area contributed by atoms with E-state index in [1.54, 1.807) is 6.92 Å². The van der Waals surface area contributed by atoms with Crippen molar-refractivity contribution in [2.24, 2.45) is 7.05 Å². The number of para-hydroxylation sites is 2. The Bertz CT molecular complexity index is 935. The largest absolute Gasteiger partial charge is 0.416 e. The van der Waals surface area contributed by atoms with E-state index in [1.807, 2.05) is 35.9 Å². The van der Waals surface area contributed by atoms with E-state index in [0.29, 0.717) is 10.8 Å². The molecule has 0 radical (unpaired) electrons. The van der Waals surface area contributed by atoms with Crippen LogP contribution in [0, 0.1) is 0 Å². The van der Waals surface area contributed by atoms with Crippen LogP contribution >= 0.6 is 11.8 Å². The summed E-state index contributed by atoms with van der Waals surface area (Å²) in [4.78, 5) is 16.8. The molecular weight excluding hydrogens is 363 g/mol. The summed E-state index contributed by atoms with van der Waals surface area (Å²) in [5.74, 6) is -0.304. The van der Waals surface area contributed by atoms with E-state index in [2.05, 4.69) is 10.3 Å². The second kappa shape index (κ2) is 7.03. The molecule has 0 bridgehead atoms. The Hall–Kier alpha value is -2.48. The molecule has 0 saturated carbocycles. The van der Waals surface area contributed by atoms with Crippen LogP contribution in [0.15, 0.2) is 53.7 Å². The summed E-state index contributed by atoms with van der Waals surface area (Å²) in [6, 6.07) is 12.0. The maximum Gasteiger partial charge on any atom is 0.416 e. The Morgan fingerprint density at radius 1 is 1.15 bits per heavy atom. The van der Waals surface area contributed by atoms with E-state index in [1.165, 1.54) is 23.9 Å². The van der Waals surface area contributed by atoms with Gasteiger partial charge >= 0.3 is 6.18 Å². The molecule has 3 rings (SSSR count). The van der Waals surface area contributed by atoms with Gasteiger partial charge in [-0.1, -0.05) is 23.9 Å². The van der Waals surface area contributed by atoms with Crippen LogP contribution in [0.25, 0.3) is 11.0 Å². The number of rotatable bonds is 4. The number of carbonyl (C=O) groups excluding carboxylic acids is 1. The van der Waals surface area contributed by atoms with E-state index < -0.39 is 17.0 Å². The second-order valence-electron chi connectivity index (χ2n) is 5.77. The molecule has 1 heterocycles. The third kappa shape index (κ3) is 3.85. The number of aromatic nitrogens is 2. The van der Waals surface area contributed by atoms with Crippen LogP contribution in [-0.4, -0.2) is 20.7 Å². The van der Waals surface area contributed by atoms with Gasteiger partial charge < -0.3 is 9.88 Å². The van der Waals surface area contributed by atoms with Gasteiger partial charge in [0, 0.05) is 12.7 Å². The van der Waals surface area contributed by atoms with E-state index >= 15 is 0 Å². The lowest BCUT2D eigenvalue weighted by atomic mass is 10.2. The molecule has 136 valence electrons. The number of halogens is 3. The molecular formula is C18H16F3N3OS. The lowest BCUT2D eigenvalue weighted by Gasteiger charge is -2.12. The number of aryl methyl sites for hydroxylation is 1. The molecule has 26 heavy (non-hydrogen) atoms. The number of nitrogens with one attached hydrogen (secondary N) is 1. The predicted molar refractivity (Wildman–Crippen MR) is 96.1 cm³/mol. The van der Waals surface area contributed by atoms with Crippen molar-refractivity contribution in [3.05, 3.63) is 54.1 Å². The lowest BCUT2D eigenvalue weighted by Crippen LogP contribution is -2.22. The van der Waals surface area contributed by atoms with Gasteiger partial charge in [-0.3, -0.25) is 4.79 Å². The minimum atomic E-state index is -4.40. The normalized spacial score (nSPS) is 13.0. The molecule has 1 amide bonds. The number of fused-ring (bicyclic) bond motifs is 1. The smallest absolute Gasteiger partial charge is 0.325 e. The second-order valence-corrected chi connectivity index (χ2v) is 7.07. The zero-order valence-electron chi connectivity index (χ0n) is 14.0. The van der Waals surface area contributed by atoms with Gasteiger partial charge in [0.2, 0.25) is 5.91 Å². The first-order valence-electron chi connectivity index (χ1n) is 7.82. The van der Waals surface area contributed by atoms with Crippen molar-refractivity contribution < 1.29 is 18.0 Å². The number of nitrogens with zero attached hydrogens (tertiary/aromatic N) is 2. The van der Waals surface area contributed by atoms with Gasteiger partial charge in [0.05, 0.1) is 21.8 Å². The Labute approximate surface area is 152 Å². The summed E-state index contributed by atoms with van der Waals surface area (Å²) < 4.78 is 39.6. The number of benzene rings is 2. The molecule has 0 saturated heterocycles. The highest BCUT2D eigenvalue weighted by Crippen LogP contribution is 2.30. The first kappa shape index (κ1) is 18.3. The molecule has 0 spiro atoms. The van der Waals surface area contributed by atoms with Gasteiger partial charge in [-0.15, -0.1) is 0 Å². The van der Waals surface area contributed by atoms with E-state index in [9.17, 15) is 18.0 Å². The molecule has 8 heteroatoms. The highest BCUT2D eigenvalue weighted by molar-refractivity contribution is 8.00. The molecule has 1 atom stereocenters. The number of carbonyl (C=O) groups is 1. The fourth-order valence-corrected chi connectivity index (χ4v) is 3.32. The monoisotopic (exact) mass is 379 g/mol. The Morgan fingerprint density at radius 2 is 1.81 bits per heavy atom. The Kier molecular flexibility index (Phi) is 4.95. The maximum atomic E-state index is 12.6. The number of alkyl halides is 3. The van der Waals surface area contributed by atoms with Gasteiger partial charge in [0.1, 0.15) is 0 Å². The van der Waals surface area contributed by atoms with E-state index in [0.717, 1.165) is 23.2 Å². The SMILES string of the molecule is CC(Sc1nc2ccccc2n1C)C(=O)Nc1ccc(C(F)(F)F)cc1. The van der Waals surface area contributed by atoms with E-state index in [-0.39, 0.29) is 5.91 Å². The number of hydrogen-bond acceptors (Lipinski definition) is 3. The van der Waals surface area contributed by atoms with Gasteiger partial charge in [-0.05, 0) is 43.3 Å². The molecule has 4 nitrogen and oxygen atoms in total. The first-order valence-corrected chi connectivity index (χ1v) is 8.70. The summed E-state index contributed by atoms with van der Waals surface area (Å²) >= 11 is 1.29. The van der Waals surface area contributed by atoms with E-state index in [4.69, 9.17) is 0 Å². The Morgan fingerprint density at radius 3 is 2.42 bits per heavy atom. The first-order chi connectivity index (χ1) is 12.3. The quantitative estimate of drug-likeness (QED) is 0.668. The van der Waals surface area contributed by atoms with Crippen LogP contribution in [0.3, 0.4) is 0 Å². The number of anilines is 1. The van der Waals surface area contributed by atoms with Crippen LogP contribution in [0.4, 0.5) is 18.9 Å². The molecule has 0 aliphatic rings. The Balaban J connectivity index is 1.68. The van der Waals surface area contributed by atoms with Crippen molar-refractivity contribution in [1.29, 1.82) is 0 Å². The molecule has 1 N–H and O–H groups in total. The van der Waals surface area contributed by atoms with Gasteiger partial charge in [-0.25, -0.2) is 4.98 Å². The van der Waals surface area contributed by atoms with Crippen molar-refractivity contribution >= 4 is 34.4 Å². The van der Waals surface area contributed by atoms with Crippen LogP contribution in [-0.2, 0) is 18.0 Å². The van der Waals surface area contributed by atoms with Crippen molar-refractivity contribution in [2.45, 2.75) is 23.5 Å². The summed E-state index contributed by atoms with van der Waals surface area (Å²) in [6.45, 7) is 1.73. The van der Waals surface area contributed by atoms with Gasteiger partial charge in [0.25, 0.3) is 0 Å². The molecule has 0 fully saturated rings.